The molecule has 1 aliphatic carbocycles. The van der Waals surface area contributed by atoms with E-state index in [4.69, 9.17) is 0 Å². The molecule has 0 aromatic carbocycles. The maximum Gasteiger partial charge on any atom is 0.0329 e. The normalized spacial score (nSPS) is 14.5. The van der Waals surface area contributed by atoms with Gasteiger partial charge >= 0.3 is 0 Å². The first-order chi connectivity index (χ1) is 15.4. The van der Waals surface area contributed by atoms with Crippen molar-refractivity contribution >= 4 is 0 Å². The van der Waals surface area contributed by atoms with Crippen molar-refractivity contribution in [1.82, 2.24) is 4.90 Å². The van der Waals surface area contributed by atoms with Crippen LogP contribution in [0.5, 0.6) is 0 Å². The molecule has 0 aromatic rings. The SMILES string of the molecule is C=CC(=C)CCC(CC(=C)C=C)CN(C(=C)C=C)/C(=C\CCC1=C(C)C=CCC=C1)CC. The first-order valence-corrected chi connectivity index (χ1v) is 11.8. The second kappa shape index (κ2) is 15.1. The summed E-state index contributed by atoms with van der Waals surface area (Å²) >= 11 is 0. The van der Waals surface area contributed by atoms with Crippen LogP contribution in [0.1, 0.15) is 58.8 Å². The molecular weight excluding hydrogens is 386 g/mol. The second-order valence-electron chi connectivity index (χ2n) is 8.48. The van der Waals surface area contributed by atoms with Crippen LogP contribution in [0.25, 0.3) is 0 Å². The van der Waals surface area contributed by atoms with Crippen LogP contribution in [0.4, 0.5) is 0 Å². The molecule has 1 rings (SSSR count). The number of rotatable bonds is 16. The maximum atomic E-state index is 4.29. The van der Waals surface area contributed by atoms with Crippen LogP contribution in [0.2, 0.25) is 0 Å². The fraction of sp³-hybridized carbons (Fsp3) is 0.355. The monoisotopic (exact) mass is 429 g/mol. The first-order valence-electron chi connectivity index (χ1n) is 11.8. The van der Waals surface area contributed by atoms with E-state index in [0.29, 0.717) is 5.92 Å². The molecule has 1 unspecified atom stereocenters. The average Bonchev–Trinajstić information content (AvgIpc) is 3.01. The zero-order valence-electron chi connectivity index (χ0n) is 20.5. The van der Waals surface area contributed by atoms with E-state index < -0.39 is 0 Å². The van der Waals surface area contributed by atoms with Crippen molar-refractivity contribution in [1.29, 1.82) is 0 Å². The fourth-order valence-corrected chi connectivity index (χ4v) is 3.88. The van der Waals surface area contributed by atoms with Gasteiger partial charge in [0, 0.05) is 17.9 Å². The summed E-state index contributed by atoms with van der Waals surface area (Å²) in [6, 6.07) is 0. The molecule has 0 saturated carbocycles. The molecular formula is C31H43N. The minimum Gasteiger partial charge on any atom is -0.346 e. The van der Waals surface area contributed by atoms with Crippen molar-refractivity contribution in [2.24, 2.45) is 5.92 Å². The predicted octanol–water partition coefficient (Wildman–Crippen LogP) is 9.17. The van der Waals surface area contributed by atoms with Gasteiger partial charge < -0.3 is 4.90 Å². The summed E-state index contributed by atoms with van der Waals surface area (Å²) in [7, 11) is 0. The van der Waals surface area contributed by atoms with Crippen LogP contribution in [0.3, 0.4) is 0 Å². The van der Waals surface area contributed by atoms with Crippen molar-refractivity contribution in [3.63, 3.8) is 0 Å². The molecule has 0 saturated heterocycles. The van der Waals surface area contributed by atoms with Crippen molar-refractivity contribution < 1.29 is 0 Å². The van der Waals surface area contributed by atoms with E-state index in [1.54, 1.807) is 0 Å². The third kappa shape index (κ3) is 9.56. The lowest BCUT2D eigenvalue weighted by atomic mass is 9.92. The smallest absolute Gasteiger partial charge is 0.0329 e. The lowest BCUT2D eigenvalue weighted by molar-refractivity contribution is 0.325. The van der Waals surface area contributed by atoms with E-state index in [1.807, 2.05) is 18.2 Å². The largest absolute Gasteiger partial charge is 0.346 e. The van der Waals surface area contributed by atoms with Gasteiger partial charge in [0.05, 0.1) is 0 Å². The molecule has 1 atom stereocenters. The van der Waals surface area contributed by atoms with Crippen molar-refractivity contribution in [3.8, 4) is 0 Å². The molecule has 172 valence electrons. The maximum absolute atomic E-state index is 4.29. The Morgan fingerprint density at radius 1 is 1.03 bits per heavy atom. The fourth-order valence-electron chi connectivity index (χ4n) is 3.88. The van der Waals surface area contributed by atoms with Crippen molar-refractivity contribution in [2.45, 2.75) is 58.8 Å². The van der Waals surface area contributed by atoms with Gasteiger partial charge in [-0.1, -0.05) is 100 Å². The van der Waals surface area contributed by atoms with Gasteiger partial charge in [0.25, 0.3) is 0 Å². The Labute approximate surface area is 198 Å². The summed E-state index contributed by atoms with van der Waals surface area (Å²) in [5.41, 5.74) is 7.18. The lowest BCUT2D eigenvalue weighted by Gasteiger charge is -2.32. The van der Waals surface area contributed by atoms with E-state index in [-0.39, 0.29) is 0 Å². The van der Waals surface area contributed by atoms with Crippen molar-refractivity contribution in [3.05, 3.63) is 122 Å². The Morgan fingerprint density at radius 3 is 2.34 bits per heavy atom. The Morgan fingerprint density at radius 2 is 1.72 bits per heavy atom. The Bertz CT molecular complexity index is 825. The standard InChI is InChI=1S/C31H43N/c1-9-25(5)21-22-29(23-26(6)10-2)24-32(28(8)11-3)31(12-4)20-16-19-30-18-15-13-14-17-27(30)7/h9-11,14-15,17-18,20,29H,1-3,5-6,8,12-13,16,19,21-24H2,4,7H3/b31-20-. The number of allylic oxidation sites excluding steroid dienone is 13. The molecule has 0 radical (unpaired) electrons. The van der Waals surface area contributed by atoms with Gasteiger partial charge in [0.2, 0.25) is 0 Å². The van der Waals surface area contributed by atoms with Crippen LogP contribution >= 0.6 is 0 Å². The van der Waals surface area contributed by atoms with Gasteiger partial charge in [-0.15, -0.1) is 0 Å². The molecule has 0 fully saturated rings. The summed E-state index contributed by atoms with van der Waals surface area (Å²) in [6.07, 6.45) is 23.8. The molecule has 32 heavy (non-hydrogen) atoms. The van der Waals surface area contributed by atoms with E-state index >= 15 is 0 Å². The zero-order valence-corrected chi connectivity index (χ0v) is 20.5. The van der Waals surface area contributed by atoms with E-state index in [9.17, 15) is 0 Å². The zero-order chi connectivity index (χ0) is 23.9. The van der Waals surface area contributed by atoms with Gasteiger partial charge in [0.1, 0.15) is 0 Å². The molecule has 1 heteroatoms. The highest BCUT2D eigenvalue weighted by Crippen LogP contribution is 2.27. The molecule has 0 N–H and O–H groups in total. The van der Waals surface area contributed by atoms with Crippen LogP contribution in [-0.2, 0) is 0 Å². The van der Waals surface area contributed by atoms with Crippen LogP contribution in [0.15, 0.2) is 122 Å². The van der Waals surface area contributed by atoms with Gasteiger partial charge in [-0.05, 0) is 75.0 Å². The van der Waals surface area contributed by atoms with Crippen LogP contribution < -0.4 is 0 Å². The predicted molar refractivity (Wildman–Crippen MR) is 145 cm³/mol. The summed E-state index contributed by atoms with van der Waals surface area (Å²) in [6.45, 7) is 29.6. The highest BCUT2D eigenvalue weighted by molar-refractivity contribution is 5.35. The minimum atomic E-state index is 0.420. The second-order valence-corrected chi connectivity index (χ2v) is 8.48. The quantitative estimate of drug-likeness (QED) is 0.221. The Kier molecular flexibility index (Phi) is 12.8. The molecule has 0 spiro atoms. The number of hydrogen-bond acceptors (Lipinski definition) is 1. The summed E-state index contributed by atoms with van der Waals surface area (Å²) < 4.78 is 0. The first kappa shape index (κ1) is 27.2. The minimum absolute atomic E-state index is 0.420. The third-order valence-electron chi connectivity index (χ3n) is 5.99. The highest BCUT2D eigenvalue weighted by Gasteiger charge is 2.18. The summed E-state index contributed by atoms with van der Waals surface area (Å²) in [4.78, 5) is 2.34. The molecule has 1 aliphatic rings. The molecule has 0 aliphatic heterocycles. The van der Waals surface area contributed by atoms with Gasteiger partial charge in [0.15, 0.2) is 0 Å². The van der Waals surface area contributed by atoms with Gasteiger partial charge in [-0.2, -0.15) is 0 Å². The van der Waals surface area contributed by atoms with Crippen molar-refractivity contribution in [2.75, 3.05) is 6.54 Å². The van der Waals surface area contributed by atoms with Gasteiger partial charge in [-0.25, -0.2) is 0 Å². The number of hydrogen-bond donors (Lipinski definition) is 0. The summed E-state index contributed by atoms with van der Waals surface area (Å²) in [5, 5.41) is 0. The molecule has 1 nitrogen and oxygen atoms in total. The molecule has 0 amide bonds. The average molecular weight is 430 g/mol. The molecule has 0 heterocycles. The number of nitrogens with zero attached hydrogens (tertiary/aromatic N) is 1. The highest BCUT2D eigenvalue weighted by atomic mass is 15.1. The van der Waals surface area contributed by atoms with Crippen LogP contribution in [-0.4, -0.2) is 11.4 Å². The molecule has 0 aromatic heterocycles. The summed E-state index contributed by atoms with van der Waals surface area (Å²) in [5.74, 6) is 0.420. The molecule has 0 bridgehead atoms. The lowest BCUT2D eigenvalue weighted by Crippen LogP contribution is -2.28. The van der Waals surface area contributed by atoms with Crippen LogP contribution in [0, 0.1) is 5.92 Å². The van der Waals surface area contributed by atoms with Gasteiger partial charge in [-0.3, -0.25) is 0 Å². The topological polar surface area (TPSA) is 3.24 Å². The third-order valence-corrected chi connectivity index (χ3v) is 5.99. The Balaban J connectivity index is 3.03. The van der Waals surface area contributed by atoms with E-state index in [1.165, 1.54) is 16.8 Å². The van der Waals surface area contributed by atoms with E-state index in [0.717, 1.165) is 68.3 Å². The Hall–Kier alpha value is -2.80. The van der Waals surface area contributed by atoms with E-state index in [2.05, 4.69) is 88.6 Å².